The van der Waals surface area contributed by atoms with E-state index in [0.29, 0.717) is 15.8 Å². The van der Waals surface area contributed by atoms with Gasteiger partial charge >= 0.3 is 0 Å². The van der Waals surface area contributed by atoms with Crippen molar-refractivity contribution in [1.82, 2.24) is 0 Å². The van der Waals surface area contributed by atoms with Crippen molar-refractivity contribution < 1.29 is 18.7 Å². The summed E-state index contributed by atoms with van der Waals surface area (Å²) in [7, 11) is 0. The fraction of sp³-hybridized carbons (Fsp3) is 0. The second-order valence-corrected chi connectivity index (χ2v) is 4.66. The zero-order valence-electron chi connectivity index (χ0n) is 9.98. The Morgan fingerprint density at radius 1 is 1.10 bits per heavy atom. The van der Waals surface area contributed by atoms with Gasteiger partial charge in [0, 0.05) is 16.1 Å². The first kappa shape index (κ1) is 14.3. The minimum absolute atomic E-state index is 0.0590. The topological polar surface area (TPSA) is 67.8 Å². The molecule has 0 aliphatic rings. The van der Waals surface area contributed by atoms with E-state index < -0.39 is 11.6 Å². The summed E-state index contributed by atoms with van der Waals surface area (Å²) in [4.78, 5) is 0. The Hall–Kier alpha value is -2.15. The number of hydrogen-bond donors (Lipinski definition) is 2. The Kier molecular flexibility index (Phi) is 4.19. The van der Waals surface area contributed by atoms with Gasteiger partial charge in [0.05, 0.1) is 0 Å². The lowest BCUT2D eigenvalue weighted by atomic mass is 10.2. The SMILES string of the molecule is N/C(=N/O)c1ccc(Oc2ccc(F)c(F)c2)cc1Br. The number of oxime groups is 1. The molecule has 0 saturated heterocycles. The minimum atomic E-state index is -0.991. The molecular formula is C13H9BrF2N2O2. The number of ether oxygens (including phenoxy) is 1. The standard InChI is InChI=1S/C13H9BrF2N2O2/c14-10-5-7(1-3-9(10)13(17)18-19)20-8-2-4-11(15)12(16)6-8/h1-6,19H,(H2,17,18). The molecule has 0 spiro atoms. The Bertz CT molecular complexity index is 677. The van der Waals surface area contributed by atoms with Crippen molar-refractivity contribution >= 4 is 21.8 Å². The smallest absolute Gasteiger partial charge is 0.171 e. The van der Waals surface area contributed by atoms with E-state index in [9.17, 15) is 8.78 Å². The summed E-state index contributed by atoms with van der Waals surface area (Å²) in [5, 5.41) is 11.5. The summed E-state index contributed by atoms with van der Waals surface area (Å²) in [6.45, 7) is 0. The van der Waals surface area contributed by atoms with Gasteiger partial charge in [0.25, 0.3) is 0 Å². The van der Waals surface area contributed by atoms with Gasteiger partial charge in [-0.15, -0.1) is 0 Å². The molecule has 7 heteroatoms. The maximum absolute atomic E-state index is 13.1. The molecule has 20 heavy (non-hydrogen) atoms. The summed E-state index contributed by atoms with van der Waals surface area (Å²) in [5.41, 5.74) is 5.95. The van der Waals surface area contributed by atoms with Crippen LogP contribution < -0.4 is 10.5 Å². The number of rotatable bonds is 3. The molecule has 2 aromatic rings. The average molecular weight is 343 g/mol. The molecule has 0 atom stereocenters. The van der Waals surface area contributed by atoms with Crippen LogP contribution in [0.2, 0.25) is 0 Å². The van der Waals surface area contributed by atoms with Crippen molar-refractivity contribution in [3.05, 3.63) is 58.1 Å². The highest BCUT2D eigenvalue weighted by Crippen LogP contribution is 2.27. The number of nitrogens with two attached hydrogens (primary N) is 1. The quantitative estimate of drug-likeness (QED) is 0.387. The zero-order chi connectivity index (χ0) is 14.7. The predicted molar refractivity (Wildman–Crippen MR) is 73.1 cm³/mol. The first-order valence-corrected chi connectivity index (χ1v) is 6.21. The lowest BCUT2D eigenvalue weighted by Crippen LogP contribution is -2.13. The molecule has 2 rings (SSSR count). The highest BCUT2D eigenvalue weighted by Gasteiger charge is 2.08. The Morgan fingerprint density at radius 2 is 1.75 bits per heavy atom. The fourth-order valence-electron chi connectivity index (χ4n) is 1.50. The summed E-state index contributed by atoms with van der Waals surface area (Å²) in [5.74, 6) is -1.45. The van der Waals surface area contributed by atoms with Gasteiger partial charge in [-0.05, 0) is 46.3 Å². The van der Waals surface area contributed by atoms with Crippen LogP contribution in [-0.4, -0.2) is 11.0 Å². The van der Waals surface area contributed by atoms with Crippen LogP contribution in [0.5, 0.6) is 11.5 Å². The molecule has 0 radical (unpaired) electrons. The summed E-state index contributed by atoms with van der Waals surface area (Å²) < 4.78 is 31.8. The van der Waals surface area contributed by atoms with Crippen LogP contribution in [0.3, 0.4) is 0 Å². The summed E-state index contributed by atoms with van der Waals surface area (Å²) in [6, 6.07) is 7.91. The fourth-order valence-corrected chi connectivity index (χ4v) is 2.06. The Morgan fingerprint density at radius 3 is 2.35 bits per heavy atom. The molecule has 0 unspecified atom stereocenters. The zero-order valence-corrected chi connectivity index (χ0v) is 11.6. The van der Waals surface area contributed by atoms with Gasteiger partial charge in [-0.1, -0.05) is 5.16 Å². The minimum Gasteiger partial charge on any atom is -0.457 e. The van der Waals surface area contributed by atoms with E-state index in [-0.39, 0.29) is 11.6 Å². The van der Waals surface area contributed by atoms with Crippen molar-refractivity contribution in [2.45, 2.75) is 0 Å². The third kappa shape index (κ3) is 3.05. The van der Waals surface area contributed by atoms with E-state index in [1.54, 1.807) is 18.2 Å². The van der Waals surface area contributed by atoms with Crippen LogP contribution >= 0.6 is 15.9 Å². The predicted octanol–water partition coefficient (Wildman–Crippen LogP) is 3.61. The molecule has 2 aromatic carbocycles. The average Bonchev–Trinajstić information content (AvgIpc) is 2.42. The third-order valence-electron chi connectivity index (χ3n) is 2.45. The number of amidine groups is 1. The summed E-state index contributed by atoms with van der Waals surface area (Å²) >= 11 is 3.24. The molecule has 0 heterocycles. The van der Waals surface area contributed by atoms with Gasteiger partial charge in [0.15, 0.2) is 17.5 Å². The van der Waals surface area contributed by atoms with Gasteiger partial charge in [0.1, 0.15) is 11.5 Å². The van der Waals surface area contributed by atoms with E-state index in [2.05, 4.69) is 21.1 Å². The number of hydrogen-bond acceptors (Lipinski definition) is 3. The van der Waals surface area contributed by atoms with Crippen molar-refractivity contribution in [2.75, 3.05) is 0 Å². The van der Waals surface area contributed by atoms with Gasteiger partial charge in [-0.2, -0.15) is 0 Å². The van der Waals surface area contributed by atoms with Crippen molar-refractivity contribution in [3.63, 3.8) is 0 Å². The first-order chi connectivity index (χ1) is 9.51. The highest BCUT2D eigenvalue weighted by molar-refractivity contribution is 9.10. The molecule has 0 amide bonds. The molecule has 104 valence electrons. The van der Waals surface area contributed by atoms with Crippen LogP contribution in [0.1, 0.15) is 5.56 Å². The van der Waals surface area contributed by atoms with Gasteiger partial charge in [-0.3, -0.25) is 0 Å². The monoisotopic (exact) mass is 342 g/mol. The summed E-state index contributed by atoms with van der Waals surface area (Å²) in [6.07, 6.45) is 0. The maximum Gasteiger partial charge on any atom is 0.171 e. The van der Waals surface area contributed by atoms with Crippen molar-refractivity contribution in [2.24, 2.45) is 10.9 Å². The highest BCUT2D eigenvalue weighted by atomic mass is 79.9. The molecule has 0 bridgehead atoms. The van der Waals surface area contributed by atoms with E-state index in [1.165, 1.54) is 6.07 Å². The van der Waals surface area contributed by atoms with Crippen LogP contribution in [-0.2, 0) is 0 Å². The second kappa shape index (κ2) is 5.87. The first-order valence-electron chi connectivity index (χ1n) is 5.41. The Labute approximate surface area is 121 Å². The molecule has 0 aromatic heterocycles. The molecule has 4 nitrogen and oxygen atoms in total. The molecule has 0 fully saturated rings. The van der Waals surface area contributed by atoms with Crippen LogP contribution in [0.4, 0.5) is 8.78 Å². The molecule has 0 aliphatic heterocycles. The van der Waals surface area contributed by atoms with Gasteiger partial charge < -0.3 is 15.7 Å². The molecule has 3 N–H and O–H groups in total. The van der Waals surface area contributed by atoms with Crippen LogP contribution in [0.15, 0.2) is 46.0 Å². The normalized spacial score (nSPS) is 11.4. The Balaban J connectivity index is 2.26. The molecule has 0 aliphatic carbocycles. The van der Waals surface area contributed by atoms with E-state index in [4.69, 9.17) is 15.7 Å². The number of nitrogens with zero attached hydrogens (tertiary/aromatic N) is 1. The van der Waals surface area contributed by atoms with E-state index in [1.807, 2.05) is 0 Å². The van der Waals surface area contributed by atoms with E-state index in [0.717, 1.165) is 12.1 Å². The van der Waals surface area contributed by atoms with Gasteiger partial charge in [0.2, 0.25) is 0 Å². The van der Waals surface area contributed by atoms with Crippen LogP contribution in [0, 0.1) is 11.6 Å². The van der Waals surface area contributed by atoms with Crippen molar-refractivity contribution in [3.8, 4) is 11.5 Å². The van der Waals surface area contributed by atoms with Crippen molar-refractivity contribution in [1.29, 1.82) is 0 Å². The number of benzene rings is 2. The van der Waals surface area contributed by atoms with E-state index >= 15 is 0 Å². The molecule has 0 saturated carbocycles. The lowest BCUT2D eigenvalue weighted by molar-refractivity contribution is 0.318. The van der Waals surface area contributed by atoms with Crippen LogP contribution in [0.25, 0.3) is 0 Å². The maximum atomic E-state index is 13.1. The van der Waals surface area contributed by atoms with Gasteiger partial charge in [-0.25, -0.2) is 8.78 Å². The number of halogens is 3. The lowest BCUT2D eigenvalue weighted by Gasteiger charge is -2.08. The molecular weight excluding hydrogens is 334 g/mol. The third-order valence-corrected chi connectivity index (χ3v) is 3.11. The largest absolute Gasteiger partial charge is 0.457 e. The second-order valence-electron chi connectivity index (χ2n) is 3.80.